The number of aromatic nitrogens is 2. The van der Waals surface area contributed by atoms with Gasteiger partial charge in [0.25, 0.3) is 0 Å². The first-order chi connectivity index (χ1) is 10.5. The number of nitrogens with zero attached hydrogens (tertiary/aromatic N) is 3. The number of anilines is 1. The fourth-order valence-corrected chi connectivity index (χ4v) is 3.90. The highest BCUT2D eigenvalue weighted by Crippen LogP contribution is 2.22. The number of nitriles is 1. The molecule has 2 unspecified atom stereocenters. The van der Waals surface area contributed by atoms with Crippen molar-refractivity contribution in [3.05, 3.63) is 11.8 Å². The second kappa shape index (κ2) is 7.09. The topological polar surface area (TPSA) is 106 Å². The van der Waals surface area contributed by atoms with Gasteiger partial charge in [-0.05, 0) is 13.3 Å². The third-order valence-corrected chi connectivity index (χ3v) is 4.96. The molecule has 1 saturated heterocycles. The molecule has 2 heterocycles. The zero-order chi connectivity index (χ0) is 16.2. The summed E-state index contributed by atoms with van der Waals surface area (Å²) < 4.78 is 39.2. The average molecular weight is 328 g/mol. The van der Waals surface area contributed by atoms with Gasteiger partial charge in [0.05, 0.1) is 24.7 Å². The molecule has 1 aromatic rings. The van der Waals surface area contributed by atoms with Gasteiger partial charge in [-0.3, -0.25) is 4.72 Å². The Morgan fingerprint density at radius 1 is 1.68 bits per heavy atom. The van der Waals surface area contributed by atoms with E-state index in [0.717, 1.165) is 6.42 Å². The Balaban J connectivity index is 2.13. The van der Waals surface area contributed by atoms with Crippen LogP contribution in [0.5, 0.6) is 0 Å². The number of methoxy groups -OCH3 is 1. The van der Waals surface area contributed by atoms with Crippen LogP contribution in [-0.2, 0) is 26.0 Å². The van der Waals surface area contributed by atoms with Crippen LogP contribution >= 0.6 is 0 Å². The van der Waals surface area contributed by atoms with Crippen molar-refractivity contribution in [2.24, 2.45) is 5.92 Å². The molecule has 1 aliphatic rings. The monoisotopic (exact) mass is 328 g/mol. The van der Waals surface area contributed by atoms with Crippen LogP contribution in [0.15, 0.2) is 6.20 Å². The zero-order valence-corrected chi connectivity index (χ0v) is 13.5. The minimum absolute atomic E-state index is 0.0631. The molecule has 9 heteroatoms. The van der Waals surface area contributed by atoms with Crippen LogP contribution in [0.25, 0.3) is 0 Å². The van der Waals surface area contributed by atoms with Crippen LogP contribution < -0.4 is 4.72 Å². The minimum Gasteiger partial charge on any atom is -0.381 e. The smallest absolute Gasteiger partial charge is 0.236 e. The highest BCUT2D eigenvalue weighted by molar-refractivity contribution is 7.92. The van der Waals surface area contributed by atoms with Crippen LogP contribution in [0.3, 0.4) is 0 Å². The number of aryl methyl sites for hydroxylation is 1. The van der Waals surface area contributed by atoms with E-state index in [1.807, 2.05) is 13.0 Å². The van der Waals surface area contributed by atoms with Crippen molar-refractivity contribution in [3.63, 3.8) is 0 Å². The molecule has 0 radical (unpaired) electrons. The third-order valence-electron chi connectivity index (χ3n) is 3.69. The molecule has 0 amide bonds. The first kappa shape index (κ1) is 16.7. The molecule has 1 aromatic heterocycles. The fourth-order valence-electron chi connectivity index (χ4n) is 2.46. The van der Waals surface area contributed by atoms with Gasteiger partial charge in [0.2, 0.25) is 10.0 Å². The predicted octanol–water partition coefficient (Wildman–Crippen LogP) is 0.568. The number of ether oxygens (including phenoxy) is 2. The Bertz CT molecular complexity index is 643. The fraction of sp³-hybridized carbons (Fsp3) is 0.692. The first-order valence-corrected chi connectivity index (χ1v) is 8.73. The summed E-state index contributed by atoms with van der Waals surface area (Å²) >= 11 is 0. The Morgan fingerprint density at radius 2 is 2.45 bits per heavy atom. The van der Waals surface area contributed by atoms with E-state index in [1.54, 1.807) is 0 Å². The highest BCUT2D eigenvalue weighted by atomic mass is 32.2. The molecule has 8 nitrogen and oxygen atoms in total. The summed E-state index contributed by atoms with van der Waals surface area (Å²) in [6.45, 7) is 3.41. The summed E-state index contributed by atoms with van der Waals surface area (Å²) in [5, 5.41) is 13.0. The predicted molar refractivity (Wildman–Crippen MR) is 79.7 cm³/mol. The molecule has 2 atom stereocenters. The molecular formula is C13H20N4O4S. The van der Waals surface area contributed by atoms with Gasteiger partial charge in [0.1, 0.15) is 11.6 Å². The molecular weight excluding hydrogens is 308 g/mol. The average Bonchev–Trinajstić information content (AvgIpc) is 3.13. The molecule has 1 N–H and O–H groups in total. The molecule has 0 aromatic carbocycles. The molecule has 0 bridgehead atoms. The van der Waals surface area contributed by atoms with Gasteiger partial charge in [-0.1, -0.05) is 0 Å². The van der Waals surface area contributed by atoms with Crippen molar-refractivity contribution in [1.29, 1.82) is 5.26 Å². The Morgan fingerprint density at radius 3 is 3.00 bits per heavy atom. The third kappa shape index (κ3) is 3.76. The van der Waals surface area contributed by atoms with E-state index in [1.165, 1.54) is 18.0 Å². The number of hydrogen-bond donors (Lipinski definition) is 1. The van der Waals surface area contributed by atoms with E-state index in [9.17, 15) is 8.42 Å². The molecule has 122 valence electrons. The van der Waals surface area contributed by atoms with Crippen LogP contribution in [0.2, 0.25) is 0 Å². The van der Waals surface area contributed by atoms with Crippen LogP contribution in [-0.4, -0.2) is 50.4 Å². The number of sulfonamides is 1. The summed E-state index contributed by atoms with van der Waals surface area (Å²) in [7, 11) is -2.17. The van der Waals surface area contributed by atoms with E-state index in [4.69, 9.17) is 14.7 Å². The van der Waals surface area contributed by atoms with Crippen LogP contribution in [0, 0.1) is 17.2 Å². The van der Waals surface area contributed by atoms with Crippen molar-refractivity contribution in [2.45, 2.75) is 26.0 Å². The second-order valence-corrected chi connectivity index (χ2v) is 6.88. The Hall–Kier alpha value is -1.63. The molecule has 0 aliphatic carbocycles. The van der Waals surface area contributed by atoms with Crippen molar-refractivity contribution >= 4 is 15.8 Å². The van der Waals surface area contributed by atoms with Gasteiger partial charge in [0, 0.05) is 26.2 Å². The molecule has 1 aliphatic heterocycles. The van der Waals surface area contributed by atoms with Gasteiger partial charge < -0.3 is 9.47 Å². The number of rotatable bonds is 7. The molecule has 0 spiro atoms. The second-order valence-electron chi connectivity index (χ2n) is 5.12. The summed E-state index contributed by atoms with van der Waals surface area (Å²) in [6.07, 6.45) is 1.69. The maximum Gasteiger partial charge on any atom is 0.236 e. The lowest BCUT2D eigenvalue weighted by Gasteiger charge is -2.21. The lowest BCUT2D eigenvalue weighted by molar-refractivity contribution is 0.0612. The lowest BCUT2D eigenvalue weighted by Crippen LogP contribution is -2.34. The van der Waals surface area contributed by atoms with Crippen molar-refractivity contribution in [3.8, 4) is 6.07 Å². The maximum atomic E-state index is 12.4. The lowest BCUT2D eigenvalue weighted by atomic mass is 10.0. The number of nitrogens with one attached hydrogen (secondary N) is 1. The van der Waals surface area contributed by atoms with E-state index in [-0.39, 0.29) is 23.1 Å². The largest absolute Gasteiger partial charge is 0.381 e. The minimum atomic E-state index is -3.66. The molecule has 2 rings (SSSR count). The normalized spacial score (nSPS) is 19.8. The summed E-state index contributed by atoms with van der Waals surface area (Å²) in [5.74, 6) is 0.0766. The van der Waals surface area contributed by atoms with Gasteiger partial charge >= 0.3 is 0 Å². The standard InChI is InChI=1S/C13H20N4O4S/c1-3-17-13(11(6-14)7-15-17)16-22(18,19)9-12(20-2)10-4-5-21-8-10/h7,10,12,16H,3-5,8-9H2,1-2H3. The van der Waals surface area contributed by atoms with E-state index < -0.39 is 16.1 Å². The van der Waals surface area contributed by atoms with Crippen LogP contribution in [0.1, 0.15) is 18.9 Å². The number of hydrogen-bond acceptors (Lipinski definition) is 6. The zero-order valence-electron chi connectivity index (χ0n) is 12.7. The summed E-state index contributed by atoms with van der Waals surface area (Å²) in [4.78, 5) is 0. The Kier molecular flexibility index (Phi) is 5.39. The van der Waals surface area contributed by atoms with Gasteiger partial charge in [0.15, 0.2) is 5.82 Å². The van der Waals surface area contributed by atoms with Crippen molar-refractivity contribution in [1.82, 2.24) is 9.78 Å². The van der Waals surface area contributed by atoms with Crippen LogP contribution in [0.4, 0.5) is 5.82 Å². The summed E-state index contributed by atoms with van der Waals surface area (Å²) in [5.41, 5.74) is 0.198. The van der Waals surface area contributed by atoms with E-state index >= 15 is 0 Å². The van der Waals surface area contributed by atoms with Gasteiger partial charge in [-0.25, -0.2) is 13.1 Å². The van der Waals surface area contributed by atoms with Crippen molar-refractivity contribution < 1.29 is 17.9 Å². The first-order valence-electron chi connectivity index (χ1n) is 7.07. The molecule has 0 saturated carbocycles. The van der Waals surface area contributed by atoms with E-state index in [2.05, 4.69) is 9.82 Å². The quantitative estimate of drug-likeness (QED) is 0.784. The van der Waals surface area contributed by atoms with Crippen molar-refractivity contribution in [2.75, 3.05) is 30.8 Å². The SMILES string of the molecule is CCn1ncc(C#N)c1NS(=O)(=O)CC(OC)C1CCOC1. The maximum absolute atomic E-state index is 12.4. The van der Waals surface area contributed by atoms with Gasteiger partial charge in [-0.15, -0.1) is 0 Å². The molecule has 22 heavy (non-hydrogen) atoms. The summed E-state index contributed by atoms with van der Waals surface area (Å²) in [6, 6.07) is 1.93. The van der Waals surface area contributed by atoms with E-state index in [0.29, 0.717) is 19.8 Å². The Labute approximate surface area is 130 Å². The highest BCUT2D eigenvalue weighted by Gasteiger charge is 2.30. The van der Waals surface area contributed by atoms with Gasteiger partial charge in [-0.2, -0.15) is 10.4 Å². The molecule has 1 fully saturated rings.